The Balaban J connectivity index is 2.71. The second-order valence-corrected chi connectivity index (χ2v) is 4.22. The van der Waals surface area contributed by atoms with Crippen LogP contribution < -0.4 is 10.1 Å². The summed E-state index contributed by atoms with van der Waals surface area (Å²) in [7, 11) is 1.44. The van der Waals surface area contributed by atoms with Crippen LogP contribution in [0.4, 0.5) is 0 Å². The smallest absolute Gasteiger partial charge is 0.326 e. The lowest BCUT2D eigenvalue weighted by molar-refractivity contribution is -0.145. The first kappa shape index (κ1) is 14.0. The number of hydrogen-bond acceptors (Lipinski definition) is 5. The molecule has 1 atom stereocenters. The largest absolute Gasteiger partial charge is 0.496 e. The Morgan fingerprint density at radius 1 is 1.44 bits per heavy atom. The highest BCUT2D eigenvalue weighted by Gasteiger charge is 2.24. The summed E-state index contributed by atoms with van der Waals surface area (Å²) in [4.78, 5) is 33.1. The van der Waals surface area contributed by atoms with Crippen LogP contribution in [0, 0.1) is 0 Å². The van der Waals surface area contributed by atoms with E-state index in [4.69, 9.17) is 14.9 Å². The maximum Gasteiger partial charge on any atom is 0.326 e. The molecule has 3 N–H and O–H groups in total. The van der Waals surface area contributed by atoms with Crippen LogP contribution in [0.15, 0.2) is 11.4 Å². The highest BCUT2D eigenvalue weighted by Crippen LogP contribution is 2.21. The van der Waals surface area contributed by atoms with E-state index in [-0.39, 0.29) is 4.88 Å². The van der Waals surface area contributed by atoms with Gasteiger partial charge >= 0.3 is 11.9 Å². The lowest BCUT2D eigenvalue weighted by atomic mass is 10.2. The van der Waals surface area contributed by atoms with Gasteiger partial charge in [-0.3, -0.25) is 9.59 Å². The van der Waals surface area contributed by atoms with Crippen molar-refractivity contribution in [3.05, 3.63) is 16.3 Å². The zero-order valence-corrected chi connectivity index (χ0v) is 10.2. The van der Waals surface area contributed by atoms with Crippen LogP contribution in [0.1, 0.15) is 16.1 Å². The normalized spacial score (nSPS) is 11.6. The maximum atomic E-state index is 11.7. The number of carbonyl (C=O) groups excluding carboxylic acids is 1. The zero-order chi connectivity index (χ0) is 13.7. The van der Waals surface area contributed by atoms with Gasteiger partial charge in [-0.15, -0.1) is 11.3 Å². The molecular weight excluding hydrogens is 262 g/mol. The minimum Gasteiger partial charge on any atom is -0.496 e. The summed E-state index contributed by atoms with van der Waals surface area (Å²) < 4.78 is 4.88. The predicted molar refractivity (Wildman–Crippen MR) is 62.0 cm³/mol. The van der Waals surface area contributed by atoms with Crippen LogP contribution in [0.5, 0.6) is 5.75 Å². The van der Waals surface area contributed by atoms with E-state index < -0.39 is 30.3 Å². The van der Waals surface area contributed by atoms with Gasteiger partial charge in [0.25, 0.3) is 5.91 Å². The molecule has 1 aromatic rings. The number of ether oxygens (including phenoxy) is 1. The number of nitrogens with one attached hydrogen (secondary N) is 1. The molecule has 0 bridgehead atoms. The van der Waals surface area contributed by atoms with Gasteiger partial charge in [0.15, 0.2) is 0 Å². The molecule has 0 aromatic carbocycles. The number of thiophene rings is 1. The number of rotatable bonds is 6. The van der Waals surface area contributed by atoms with Crippen molar-refractivity contribution in [1.82, 2.24) is 5.32 Å². The Bertz CT molecular complexity index is 469. The molecule has 7 nitrogen and oxygen atoms in total. The van der Waals surface area contributed by atoms with E-state index in [0.29, 0.717) is 5.75 Å². The van der Waals surface area contributed by atoms with Crippen molar-refractivity contribution in [3.8, 4) is 5.75 Å². The summed E-state index contributed by atoms with van der Waals surface area (Å²) in [6.45, 7) is 0. The molecule has 18 heavy (non-hydrogen) atoms. The maximum absolute atomic E-state index is 11.7. The van der Waals surface area contributed by atoms with Gasteiger partial charge in [-0.1, -0.05) is 0 Å². The number of carboxylic acids is 2. The van der Waals surface area contributed by atoms with Crippen molar-refractivity contribution < 1.29 is 29.3 Å². The van der Waals surface area contributed by atoms with Crippen molar-refractivity contribution in [3.63, 3.8) is 0 Å². The van der Waals surface area contributed by atoms with E-state index in [1.54, 1.807) is 5.38 Å². The van der Waals surface area contributed by atoms with E-state index in [0.717, 1.165) is 11.3 Å². The summed E-state index contributed by atoms with van der Waals surface area (Å²) in [6.07, 6.45) is -0.677. The molecule has 8 heteroatoms. The van der Waals surface area contributed by atoms with Crippen molar-refractivity contribution in [1.29, 1.82) is 0 Å². The van der Waals surface area contributed by atoms with Gasteiger partial charge in [0.2, 0.25) is 0 Å². The van der Waals surface area contributed by atoms with E-state index in [9.17, 15) is 14.4 Å². The Labute approximate surface area is 106 Å². The molecule has 1 unspecified atom stereocenters. The van der Waals surface area contributed by atoms with E-state index in [1.165, 1.54) is 13.2 Å². The summed E-state index contributed by atoms with van der Waals surface area (Å²) in [5.74, 6) is -2.85. The molecule has 1 rings (SSSR count). The topological polar surface area (TPSA) is 113 Å². The first-order chi connectivity index (χ1) is 8.43. The zero-order valence-electron chi connectivity index (χ0n) is 9.37. The van der Waals surface area contributed by atoms with Crippen molar-refractivity contribution in [2.24, 2.45) is 0 Å². The van der Waals surface area contributed by atoms with E-state index in [1.807, 2.05) is 0 Å². The molecule has 0 aliphatic heterocycles. The summed E-state index contributed by atoms with van der Waals surface area (Å²) in [5, 5.41) is 21.0. The molecule has 1 amide bonds. The Morgan fingerprint density at radius 3 is 2.56 bits per heavy atom. The van der Waals surface area contributed by atoms with Gasteiger partial charge < -0.3 is 20.3 Å². The standard InChI is InChI=1S/C10H11NO6S/c1-17-5-2-7(18-4-5)9(14)11-6(10(15)16)3-8(12)13/h2,4,6H,3H2,1H3,(H,11,14)(H,12,13)(H,15,16). The van der Waals surface area contributed by atoms with Gasteiger partial charge in [0.05, 0.1) is 18.4 Å². The van der Waals surface area contributed by atoms with Gasteiger partial charge in [-0.05, 0) is 0 Å². The molecule has 1 heterocycles. The Kier molecular flexibility index (Phi) is 4.67. The van der Waals surface area contributed by atoms with E-state index in [2.05, 4.69) is 5.32 Å². The average Bonchev–Trinajstić information content (AvgIpc) is 2.75. The first-order valence-electron chi connectivity index (χ1n) is 4.82. The molecule has 0 saturated carbocycles. The molecule has 0 aliphatic carbocycles. The van der Waals surface area contributed by atoms with Crippen LogP contribution >= 0.6 is 11.3 Å². The molecule has 1 aromatic heterocycles. The Morgan fingerprint density at radius 2 is 2.11 bits per heavy atom. The van der Waals surface area contributed by atoms with Crippen molar-refractivity contribution >= 4 is 29.2 Å². The minimum atomic E-state index is -1.46. The molecule has 0 fully saturated rings. The first-order valence-corrected chi connectivity index (χ1v) is 5.70. The van der Waals surface area contributed by atoms with E-state index >= 15 is 0 Å². The summed E-state index contributed by atoms with van der Waals surface area (Å²) in [5.41, 5.74) is 0. The average molecular weight is 273 g/mol. The summed E-state index contributed by atoms with van der Waals surface area (Å²) in [6, 6.07) is -0.0113. The van der Waals surface area contributed by atoms with Crippen LogP contribution in [0.2, 0.25) is 0 Å². The van der Waals surface area contributed by atoms with Gasteiger partial charge in [0, 0.05) is 11.4 Å². The molecule has 0 aliphatic rings. The lowest BCUT2D eigenvalue weighted by Crippen LogP contribution is -2.41. The third kappa shape index (κ3) is 3.74. The van der Waals surface area contributed by atoms with Gasteiger partial charge in [0.1, 0.15) is 11.8 Å². The van der Waals surface area contributed by atoms with Crippen LogP contribution in [-0.4, -0.2) is 41.2 Å². The third-order valence-corrected chi connectivity index (χ3v) is 2.92. The SMILES string of the molecule is COc1csc(C(=O)NC(CC(=O)O)C(=O)O)c1. The van der Waals surface area contributed by atoms with Crippen molar-refractivity contribution in [2.75, 3.05) is 7.11 Å². The number of methoxy groups -OCH3 is 1. The number of amides is 1. The van der Waals surface area contributed by atoms with Crippen LogP contribution in [0.3, 0.4) is 0 Å². The highest BCUT2D eigenvalue weighted by molar-refractivity contribution is 7.12. The fraction of sp³-hybridized carbons (Fsp3) is 0.300. The fourth-order valence-electron chi connectivity index (χ4n) is 1.15. The van der Waals surface area contributed by atoms with Crippen molar-refractivity contribution in [2.45, 2.75) is 12.5 Å². The van der Waals surface area contributed by atoms with Crippen LogP contribution in [-0.2, 0) is 9.59 Å². The van der Waals surface area contributed by atoms with Gasteiger partial charge in [-0.2, -0.15) is 0 Å². The lowest BCUT2D eigenvalue weighted by Gasteiger charge is -2.11. The monoisotopic (exact) mass is 273 g/mol. The third-order valence-electron chi connectivity index (χ3n) is 2.02. The van der Waals surface area contributed by atoms with Crippen LogP contribution in [0.25, 0.3) is 0 Å². The minimum absolute atomic E-state index is 0.253. The number of carbonyl (C=O) groups is 3. The molecule has 0 radical (unpaired) electrons. The number of carboxylic acid groups (broad SMARTS) is 2. The predicted octanol–water partition coefficient (Wildman–Crippen LogP) is 0.414. The second-order valence-electron chi connectivity index (χ2n) is 3.31. The molecule has 0 saturated heterocycles. The highest BCUT2D eigenvalue weighted by atomic mass is 32.1. The molecule has 98 valence electrons. The number of hydrogen-bond donors (Lipinski definition) is 3. The quantitative estimate of drug-likeness (QED) is 0.692. The second kappa shape index (κ2) is 6.01. The molecular formula is C10H11NO6S. The molecule has 0 spiro atoms. The number of aliphatic carboxylic acids is 2. The van der Waals surface area contributed by atoms with Gasteiger partial charge in [-0.25, -0.2) is 4.79 Å². The Hall–Kier alpha value is -2.09. The fourth-order valence-corrected chi connectivity index (χ4v) is 1.91. The summed E-state index contributed by atoms with van der Waals surface area (Å²) >= 11 is 1.08.